The lowest BCUT2D eigenvalue weighted by Gasteiger charge is -2.37. The number of fused-ring (bicyclic) bond motifs is 3. The van der Waals surface area contributed by atoms with Crippen molar-refractivity contribution in [1.29, 1.82) is 0 Å². The molecule has 4 atom stereocenters. The first-order chi connectivity index (χ1) is 18.8. The molecular formula is C28H29ClN2O7S. The summed E-state index contributed by atoms with van der Waals surface area (Å²) in [5.41, 5.74) is 2.11. The van der Waals surface area contributed by atoms with Crippen molar-refractivity contribution in [2.45, 2.75) is 48.5 Å². The lowest BCUT2D eigenvalue weighted by molar-refractivity contribution is -0.142. The number of ether oxygens (including phenoxy) is 3. The summed E-state index contributed by atoms with van der Waals surface area (Å²) < 4.78 is 45.9. The van der Waals surface area contributed by atoms with E-state index in [1.165, 1.54) is 19.2 Å². The first-order valence-corrected chi connectivity index (χ1v) is 14.4. The van der Waals surface area contributed by atoms with E-state index in [-0.39, 0.29) is 29.7 Å². The van der Waals surface area contributed by atoms with Crippen LogP contribution >= 0.6 is 11.6 Å². The molecule has 9 nitrogen and oxygen atoms in total. The molecule has 5 rings (SSSR count). The molecule has 0 aromatic heterocycles. The van der Waals surface area contributed by atoms with Gasteiger partial charge in [-0.3, -0.25) is 9.52 Å². The van der Waals surface area contributed by atoms with Gasteiger partial charge in [0.1, 0.15) is 23.7 Å². The molecule has 0 unspecified atom stereocenters. The van der Waals surface area contributed by atoms with E-state index < -0.39 is 28.3 Å². The second-order valence-corrected chi connectivity index (χ2v) is 11.7. The minimum Gasteiger partial charge on any atom is -0.497 e. The normalized spacial score (nSPS) is 21.8. The van der Waals surface area contributed by atoms with E-state index >= 15 is 0 Å². The highest BCUT2D eigenvalue weighted by Gasteiger charge is 2.46. The zero-order chi connectivity index (χ0) is 27.6. The second-order valence-electron chi connectivity index (χ2n) is 9.55. The van der Waals surface area contributed by atoms with E-state index in [4.69, 9.17) is 25.8 Å². The van der Waals surface area contributed by atoms with Gasteiger partial charge in [-0.1, -0.05) is 29.8 Å². The number of methoxy groups -OCH3 is 1. The zero-order valence-electron chi connectivity index (χ0n) is 21.2. The van der Waals surface area contributed by atoms with Gasteiger partial charge in [-0.15, -0.1) is 0 Å². The van der Waals surface area contributed by atoms with Crippen LogP contribution in [0.1, 0.15) is 29.9 Å². The van der Waals surface area contributed by atoms with Gasteiger partial charge in [0.05, 0.1) is 31.1 Å². The number of hydrogen-bond donors (Lipinski definition) is 3. The van der Waals surface area contributed by atoms with Crippen molar-refractivity contribution in [3.8, 4) is 11.5 Å². The Morgan fingerprint density at radius 1 is 1.13 bits per heavy atom. The fourth-order valence-electron chi connectivity index (χ4n) is 5.02. The van der Waals surface area contributed by atoms with Gasteiger partial charge in [-0.25, -0.2) is 8.42 Å². The number of carbonyl (C=O) groups excluding carboxylic acids is 1. The molecule has 1 amide bonds. The third-order valence-corrected chi connectivity index (χ3v) is 8.55. The fraction of sp³-hybridized carbons (Fsp3) is 0.321. The standard InChI is InChI=1S/C28H29ClN2O7S/c1-36-20-3-2-4-22(12-20)39(34,35)31-19-9-10-25-23(11-19)24-13-21(37-26(16-32)28(24)38-25)14-27(33)30-15-17-5-7-18(29)8-6-17/h2-12,21,24,26,28,31-32H,13-16H2,1H3,(H,30,33)/t21-,24+,26+,28-/m0/s1. The Morgan fingerprint density at radius 3 is 2.67 bits per heavy atom. The highest BCUT2D eigenvalue weighted by Crippen LogP contribution is 2.47. The van der Waals surface area contributed by atoms with Crippen molar-refractivity contribution >= 4 is 33.2 Å². The van der Waals surface area contributed by atoms with Crippen molar-refractivity contribution in [3.63, 3.8) is 0 Å². The molecule has 1 fully saturated rings. The van der Waals surface area contributed by atoms with Crippen LogP contribution in [0.3, 0.4) is 0 Å². The third kappa shape index (κ3) is 6.14. The van der Waals surface area contributed by atoms with Crippen LogP contribution in [0.2, 0.25) is 5.02 Å². The topological polar surface area (TPSA) is 123 Å². The molecule has 3 N–H and O–H groups in total. The molecule has 2 heterocycles. The number of carbonyl (C=O) groups is 1. The van der Waals surface area contributed by atoms with Gasteiger partial charge >= 0.3 is 0 Å². The lowest BCUT2D eigenvalue weighted by Crippen LogP contribution is -2.47. The molecule has 206 valence electrons. The number of sulfonamides is 1. The molecule has 3 aromatic rings. The summed E-state index contributed by atoms with van der Waals surface area (Å²) in [5.74, 6) is 0.679. The molecule has 1 saturated heterocycles. The number of rotatable bonds is 9. The number of nitrogens with one attached hydrogen (secondary N) is 2. The minimum absolute atomic E-state index is 0.0764. The molecule has 0 bridgehead atoms. The molecule has 39 heavy (non-hydrogen) atoms. The largest absolute Gasteiger partial charge is 0.497 e. The van der Waals surface area contributed by atoms with Gasteiger partial charge in [0, 0.05) is 34.8 Å². The SMILES string of the molecule is COc1cccc(S(=O)(=O)Nc2ccc3c(c2)[C@H]2C[C@@H](CC(=O)NCc4ccc(Cl)cc4)O[C@H](CO)[C@H]2O3)c1. The van der Waals surface area contributed by atoms with Gasteiger partial charge < -0.3 is 24.6 Å². The van der Waals surface area contributed by atoms with Crippen LogP contribution in [0.4, 0.5) is 5.69 Å². The van der Waals surface area contributed by atoms with Gasteiger partial charge in [0.15, 0.2) is 0 Å². The number of halogens is 1. The molecule has 0 spiro atoms. The van der Waals surface area contributed by atoms with Crippen LogP contribution in [0, 0.1) is 0 Å². The maximum atomic E-state index is 13.0. The van der Waals surface area contributed by atoms with Gasteiger partial charge in [-0.2, -0.15) is 0 Å². The van der Waals surface area contributed by atoms with E-state index in [0.29, 0.717) is 35.2 Å². The highest BCUT2D eigenvalue weighted by molar-refractivity contribution is 7.92. The zero-order valence-corrected chi connectivity index (χ0v) is 22.7. The quantitative estimate of drug-likeness (QED) is 0.356. The summed E-state index contributed by atoms with van der Waals surface area (Å²) in [7, 11) is -2.39. The maximum absolute atomic E-state index is 13.0. The van der Waals surface area contributed by atoms with E-state index in [2.05, 4.69) is 10.0 Å². The number of hydrogen-bond acceptors (Lipinski definition) is 7. The van der Waals surface area contributed by atoms with E-state index in [1.807, 2.05) is 12.1 Å². The predicted octanol–water partition coefficient (Wildman–Crippen LogP) is 3.85. The number of aliphatic hydroxyl groups is 1. The number of anilines is 1. The maximum Gasteiger partial charge on any atom is 0.262 e. The molecule has 2 aliphatic heterocycles. The number of aliphatic hydroxyl groups excluding tert-OH is 1. The lowest BCUT2D eigenvalue weighted by atomic mass is 9.84. The number of amides is 1. The van der Waals surface area contributed by atoms with Crippen LogP contribution in [0.15, 0.2) is 71.6 Å². The van der Waals surface area contributed by atoms with Crippen LogP contribution in [0.25, 0.3) is 0 Å². The first-order valence-electron chi connectivity index (χ1n) is 12.5. The van der Waals surface area contributed by atoms with Gasteiger partial charge in [0.25, 0.3) is 10.0 Å². The molecule has 0 radical (unpaired) electrons. The molecular weight excluding hydrogens is 544 g/mol. The van der Waals surface area contributed by atoms with E-state index in [9.17, 15) is 18.3 Å². The van der Waals surface area contributed by atoms with Crippen molar-refractivity contribution in [2.75, 3.05) is 18.4 Å². The van der Waals surface area contributed by atoms with E-state index in [0.717, 1.165) is 11.1 Å². The van der Waals surface area contributed by atoms with Crippen LogP contribution in [0.5, 0.6) is 11.5 Å². The van der Waals surface area contributed by atoms with Gasteiger partial charge in [-0.05, 0) is 54.4 Å². The minimum atomic E-state index is -3.86. The Balaban J connectivity index is 1.28. The number of benzene rings is 3. The van der Waals surface area contributed by atoms with Gasteiger partial charge in [0.2, 0.25) is 5.91 Å². The summed E-state index contributed by atoms with van der Waals surface area (Å²) >= 11 is 5.92. The fourth-order valence-corrected chi connectivity index (χ4v) is 6.23. The Hall–Kier alpha value is -3.31. The summed E-state index contributed by atoms with van der Waals surface area (Å²) in [4.78, 5) is 12.8. The average molecular weight is 573 g/mol. The summed E-state index contributed by atoms with van der Waals surface area (Å²) in [6.07, 6.45) is -0.912. The average Bonchev–Trinajstić information content (AvgIpc) is 3.30. The first kappa shape index (κ1) is 27.3. The summed E-state index contributed by atoms with van der Waals surface area (Å²) in [6, 6.07) is 18.5. The van der Waals surface area contributed by atoms with Crippen molar-refractivity contribution < 1.29 is 32.5 Å². The Labute approximate surface area is 232 Å². The molecule has 3 aromatic carbocycles. The molecule has 0 aliphatic carbocycles. The van der Waals surface area contributed by atoms with Crippen LogP contribution in [-0.2, 0) is 26.1 Å². The van der Waals surface area contributed by atoms with Crippen LogP contribution in [-0.4, -0.2) is 51.5 Å². The molecule has 2 aliphatic rings. The molecule has 0 saturated carbocycles. The molecule has 11 heteroatoms. The van der Waals surface area contributed by atoms with Crippen molar-refractivity contribution in [1.82, 2.24) is 5.32 Å². The monoisotopic (exact) mass is 572 g/mol. The summed E-state index contributed by atoms with van der Waals surface area (Å²) in [6.45, 7) is 0.0916. The second kappa shape index (κ2) is 11.4. The summed E-state index contributed by atoms with van der Waals surface area (Å²) in [5, 5.41) is 13.5. The van der Waals surface area contributed by atoms with Crippen LogP contribution < -0.4 is 19.5 Å². The Kier molecular flexibility index (Phi) is 7.99. The highest BCUT2D eigenvalue weighted by atomic mass is 35.5. The Bertz CT molecular complexity index is 1450. The smallest absolute Gasteiger partial charge is 0.262 e. The predicted molar refractivity (Wildman–Crippen MR) is 146 cm³/mol. The van der Waals surface area contributed by atoms with E-state index in [1.54, 1.807) is 42.5 Å². The Morgan fingerprint density at radius 2 is 1.92 bits per heavy atom. The van der Waals surface area contributed by atoms with Crippen molar-refractivity contribution in [2.24, 2.45) is 0 Å². The third-order valence-electron chi connectivity index (χ3n) is 6.92. The van der Waals surface area contributed by atoms with Crippen molar-refractivity contribution in [3.05, 3.63) is 82.9 Å².